The highest BCUT2D eigenvalue weighted by Gasteiger charge is 2.29. The van der Waals surface area contributed by atoms with E-state index in [4.69, 9.17) is 9.84 Å². The van der Waals surface area contributed by atoms with E-state index in [1.165, 1.54) is 0 Å². The van der Waals surface area contributed by atoms with E-state index in [1.54, 1.807) is 29.2 Å². The number of hydrogen-bond donors (Lipinski definition) is 2. The third-order valence-electron chi connectivity index (χ3n) is 5.06. The lowest BCUT2D eigenvalue weighted by atomic mass is 9.96. The second kappa shape index (κ2) is 7.86. The number of ether oxygens (including phenoxy) is 1. The van der Waals surface area contributed by atoms with Crippen LogP contribution in [-0.4, -0.2) is 53.1 Å². The molecule has 7 heteroatoms. The number of aliphatic carboxylic acids is 1. The molecule has 0 spiro atoms. The Bertz CT molecular complexity index is 680. The lowest BCUT2D eigenvalue weighted by Crippen LogP contribution is -2.40. The zero-order chi connectivity index (χ0) is 18.7. The molecule has 1 aromatic rings. The molecule has 2 amide bonds. The van der Waals surface area contributed by atoms with E-state index in [-0.39, 0.29) is 23.8 Å². The van der Waals surface area contributed by atoms with E-state index >= 15 is 0 Å². The molecule has 1 aromatic carbocycles. The quantitative estimate of drug-likeness (QED) is 0.857. The van der Waals surface area contributed by atoms with Crippen LogP contribution in [0.2, 0.25) is 0 Å². The van der Waals surface area contributed by atoms with Gasteiger partial charge in [-0.3, -0.25) is 14.4 Å². The predicted molar refractivity (Wildman–Crippen MR) is 94.9 cm³/mol. The number of nitrogens with zero attached hydrogens (tertiary/aromatic N) is 1. The maximum Gasteiger partial charge on any atom is 0.306 e. The molecule has 0 aliphatic carbocycles. The van der Waals surface area contributed by atoms with Gasteiger partial charge in [0, 0.05) is 24.3 Å². The molecule has 140 valence electrons. The smallest absolute Gasteiger partial charge is 0.306 e. The van der Waals surface area contributed by atoms with Crippen molar-refractivity contribution in [1.29, 1.82) is 0 Å². The Morgan fingerprint density at radius 3 is 2.27 bits per heavy atom. The van der Waals surface area contributed by atoms with Crippen molar-refractivity contribution in [2.24, 2.45) is 5.92 Å². The van der Waals surface area contributed by atoms with Crippen LogP contribution in [0.5, 0.6) is 0 Å². The van der Waals surface area contributed by atoms with E-state index in [0.717, 1.165) is 12.8 Å². The van der Waals surface area contributed by atoms with Crippen molar-refractivity contribution in [2.45, 2.75) is 44.8 Å². The van der Waals surface area contributed by atoms with Gasteiger partial charge in [-0.15, -0.1) is 0 Å². The summed E-state index contributed by atoms with van der Waals surface area (Å²) >= 11 is 0. The first-order valence-electron chi connectivity index (χ1n) is 9.02. The van der Waals surface area contributed by atoms with Crippen LogP contribution in [0.3, 0.4) is 0 Å². The summed E-state index contributed by atoms with van der Waals surface area (Å²) in [4.78, 5) is 37.4. The van der Waals surface area contributed by atoms with Crippen LogP contribution < -0.4 is 5.32 Å². The first kappa shape index (κ1) is 18.4. The average Bonchev–Trinajstić information content (AvgIpc) is 3.08. The second-order valence-corrected chi connectivity index (χ2v) is 6.98. The monoisotopic (exact) mass is 360 g/mol. The summed E-state index contributed by atoms with van der Waals surface area (Å²) in [6.45, 7) is 2.85. The molecule has 26 heavy (non-hydrogen) atoms. The second-order valence-electron chi connectivity index (χ2n) is 6.98. The van der Waals surface area contributed by atoms with Crippen LogP contribution in [0.15, 0.2) is 24.3 Å². The minimum Gasteiger partial charge on any atom is -0.481 e. The minimum atomic E-state index is -0.794. The van der Waals surface area contributed by atoms with Crippen molar-refractivity contribution in [3.8, 4) is 0 Å². The number of anilines is 1. The van der Waals surface area contributed by atoms with Crippen molar-refractivity contribution in [1.82, 2.24) is 4.90 Å². The molecule has 0 bridgehead atoms. The normalized spacial score (nSPS) is 23.7. The van der Waals surface area contributed by atoms with Crippen molar-refractivity contribution >= 4 is 23.5 Å². The van der Waals surface area contributed by atoms with Crippen molar-refractivity contribution in [2.75, 3.05) is 18.4 Å². The SMILES string of the molecule is CC1CCC(C(=O)Nc2ccc(C(=O)N3CCC(C(=O)O)CC3)cc2)O1. The molecule has 7 nitrogen and oxygen atoms in total. The number of rotatable bonds is 4. The zero-order valence-corrected chi connectivity index (χ0v) is 14.8. The van der Waals surface area contributed by atoms with Crippen molar-refractivity contribution in [3.05, 3.63) is 29.8 Å². The summed E-state index contributed by atoms with van der Waals surface area (Å²) in [5.41, 5.74) is 1.15. The van der Waals surface area contributed by atoms with Gasteiger partial charge in [0.25, 0.3) is 11.8 Å². The third kappa shape index (κ3) is 4.22. The number of piperidine rings is 1. The lowest BCUT2D eigenvalue weighted by molar-refractivity contribution is -0.143. The Balaban J connectivity index is 1.55. The molecular weight excluding hydrogens is 336 g/mol. The molecule has 2 atom stereocenters. The number of benzene rings is 1. The highest BCUT2D eigenvalue weighted by molar-refractivity contribution is 5.97. The fourth-order valence-corrected chi connectivity index (χ4v) is 3.43. The standard InChI is InChI=1S/C19H24N2O5/c1-12-2-7-16(26-12)17(22)20-15-5-3-13(4-6-15)18(23)21-10-8-14(9-11-21)19(24)25/h3-6,12,14,16H,2,7-11H2,1H3,(H,20,22)(H,24,25). The molecule has 2 saturated heterocycles. The van der Waals surface area contributed by atoms with Crippen LogP contribution in [-0.2, 0) is 14.3 Å². The van der Waals surface area contributed by atoms with Gasteiger partial charge in [0.05, 0.1) is 12.0 Å². The molecule has 2 fully saturated rings. The van der Waals surface area contributed by atoms with Gasteiger partial charge in [0.2, 0.25) is 0 Å². The van der Waals surface area contributed by atoms with E-state index in [2.05, 4.69) is 5.32 Å². The highest BCUT2D eigenvalue weighted by Crippen LogP contribution is 2.22. The van der Waals surface area contributed by atoms with Gasteiger partial charge in [-0.25, -0.2) is 0 Å². The van der Waals surface area contributed by atoms with E-state index in [9.17, 15) is 14.4 Å². The Hall–Kier alpha value is -2.41. The lowest BCUT2D eigenvalue weighted by Gasteiger charge is -2.30. The fourth-order valence-electron chi connectivity index (χ4n) is 3.43. The number of carbonyl (C=O) groups excluding carboxylic acids is 2. The molecule has 2 aliphatic heterocycles. The first-order chi connectivity index (χ1) is 12.4. The van der Waals surface area contributed by atoms with Gasteiger partial charge in [-0.1, -0.05) is 0 Å². The Kier molecular flexibility index (Phi) is 5.56. The van der Waals surface area contributed by atoms with Gasteiger partial charge in [0.15, 0.2) is 0 Å². The summed E-state index contributed by atoms with van der Waals surface area (Å²) in [5.74, 6) is -1.43. The first-order valence-corrected chi connectivity index (χ1v) is 9.02. The van der Waals surface area contributed by atoms with E-state index in [0.29, 0.717) is 37.2 Å². The number of likely N-dealkylation sites (tertiary alicyclic amines) is 1. The molecule has 0 saturated carbocycles. The summed E-state index contributed by atoms with van der Waals surface area (Å²) in [6, 6.07) is 6.76. The predicted octanol–water partition coefficient (Wildman–Crippen LogP) is 2.13. The number of amides is 2. The molecule has 2 unspecified atom stereocenters. The van der Waals surface area contributed by atoms with Gasteiger partial charge in [0.1, 0.15) is 6.10 Å². The molecule has 0 radical (unpaired) electrons. The van der Waals surface area contributed by atoms with Crippen LogP contribution in [0, 0.1) is 5.92 Å². The van der Waals surface area contributed by atoms with Gasteiger partial charge in [-0.05, 0) is 56.9 Å². The van der Waals surface area contributed by atoms with Gasteiger partial charge in [-0.2, -0.15) is 0 Å². The topological polar surface area (TPSA) is 95.9 Å². The Labute approximate surface area is 152 Å². The van der Waals surface area contributed by atoms with Crippen molar-refractivity contribution in [3.63, 3.8) is 0 Å². The van der Waals surface area contributed by atoms with Gasteiger partial charge < -0.3 is 20.1 Å². The molecule has 2 N–H and O–H groups in total. The van der Waals surface area contributed by atoms with Crippen LogP contribution in [0.1, 0.15) is 43.0 Å². The molecule has 3 rings (SSSR count). The van der Waals surface area contributed by atoms with Gasteiger partial charge >= 0.3 is 5.97 Å². The molecular formula is C19H24N2O5. The number of carboxylic acids is 1. The molecule has 2 heterocycles. The fraction of sp³-hybridized carbons (Fsp3) is 0.526. The Morgan fingerprint density at radius 2 is 1.73 bits per heavy atom. The number of hydrogen-bond acceptors (Lipinski definition) is 4. The zero-order valence-electron chi connectivity index (χ0n) is 14.8. The molecule has 0 aromatic heterocycles. The summed E-state index contributed by atoms with van der Waals surface area (Å²) in [5, 5.41) is 11.8. The maximum absolute atomic E-state index is 12.5. The summed E-state index contributed by atoms with van der Waals surface area (Å²) in [7, 11) is 0. The van der Waals surface area contributed by atoms with Crippen molar-refractivity contribution < 1.29 is 24.2 Å². The summed E-state index contributed by atoms with van der Waals surface area (Å²) in [6.07, 6.45) is 2.25. The van der Waals surface area contributed by atoms with E-state index in [1.807, 2.05) is 6.92 Å². The maximum atomic E-state index is 12.5. The average molecular weight is 360 g/mol. The van der Waals surface area contributed by atoms with E-state index < -0.39 is 12.1 Å². The number of carboxylic acid groups (broad SMARTS) is 1. The highest BCUT2D eigenvalue weighted by atomic mass is 16.5. The van der Waals surface area contributed by atoms with Crippen LogP contribution in [0.25, 0.3) is 0 Å². The number of carbonyl (C=O) groups is 3. The number of nitrogens with one attached hydrogen (secondary N) is 1. The Morgan fingerprint density at radius 1 is 1.08 bits per heavy atom. The van der Waals surface area contributed by atoms with Crippen LogP contribution in [0.4, 0.5) is 5.69 Å². The third-order valence-corrected chi connectivity index (χ3v) is 5.06. The largest absolute Gasteiger partial charge is 0.481 e. The van der Waals surface area contributed by atoms with Crippen LogP contribution >= 0.6 is 0 Å². The minimum absolute atomic E-state index is 0.107. The summed E-state index contributed by atoms with van der Waals surface area (Å²) < 4.78 is 5.55. The molecule has 2 aliphatic rings.